The summed E-state index contributed by atoms with van der Waals surface area (Å²) >= 11 is 0. The maximum atomic E-state index is 12.5. The largest absolute Gasteiger partial charge is 0.368 e. The summed E-state index contributed by atoms with van der Waals surface area (Å²) in [5, 5.41) is 0. The predicted molar refractivity (Wildman–Crippen MR) is 77.2 cm³/mol. The Kier molecular flexibility index (Phi) is 5.83. The highest BCUT2D eigenvalue weighted by Gasteiger charge is 2.33. The molecule has 0 aromatic heterocycles. The number of Topliss-reactive ketones (excluding diaryl/α,β-unsaturated/α-hetero) is 1. The Balaban J connectivity index is 1.82. The van der Waals surface area contributed by atoms with Gasteiger partial charge in [-0.1, -0.05) is 20.3 Å². The standard InChI is InChI=1S/C16H29NO2/c1-3-9-17-10-11-19-15(12-17)16(18)14-7-5-13(4-2)6-8-14/h13-15H,3-12H2,1-2H3. The molecule has 0 aromatic rings. The number of rotatable bonds is 5. The van der Waals surface area contributed by atoms with Crippen LogP contribution in [0.15, 0.2) is 0 Å². The van der Waals surface area contributed by atoms with Gasteiger partial charge in [-0.2, -0.15) is 0 Å². The minimum atomic E-state index is -0.150. The van der Waals surface area contributed by atoms with Gasteiger partial charge in [0.15, 0.2) is 5.78 Å². The van der Waals surface area contributed by atoms with Crippen LogP contribution in [0.2, 0.25) is 0 Å². The normalized spacial score (nSPS) is 33.3. The topological polar surface area (TPSA) is 29.5 Å². The molecular formula is C16H29NO2. The molecule has 0 aromatic carbocycles. The summed E-state index contributed by atoms with van der Waals surface area (Å²) in [5.74, 6) is 1.51. The molecule has 1 aliphatic heterocycles. The molecule has 0 N–H and O–H groups in total. The molecule has 2 fully saturated rings. The second-order valence-electron chi connectivity index (χ2n) is 6.19. The van der Waals surface area contributed by atoms with Gasteiger partial charge in [0.05, 0.1) is 6.61 Å². The van der Waals surface area contributed by atoms with Crippen LogP contribution in [-0.2, 0) is 9.53 Å². The third-order valence-corrected chi connectivity index (χ3v) is 4.83. The van der Waals surface area contributed by atoms with E-state index in [1.807, 2.05) is 0 Å². The highest BCUT2D eigenvalue weighted by Crippen LogP contribution is 2.32. The Morgan fingerprint density at radius 1 is 1.21 bits per heavy atom. The lowest BCUT2D eigenvalue weighted by molar-refractivity contribution is -0.141. The van der Waals surface area contributed by atoms with Crippen molar-refractivity contribution < 1.29 is 9.53 Å². The van der Waals surface area contributed by atoms with Gasteiger partial charge in [0.2, 0.25) is 0 Å². The SMILES string of the molecule is CCCN1CCOC(C(=O)C2CCC(CC)CC2)C1. The molecule has 1 saturated heterocycles. The van der Waals surface area contributed by atoms with Gasteiger partial charge >= 0.3 is 0 Å². The highest BCUT2D eigenvalue weighted by atomic mass is 16.5. The van der Waals surface area contributed by atoms with Crippen molar-refractivity contribution in [1.82, 2.24) is 4.90 Å². The lowest BCUT2D eigenvalue weighted by atomic mass is 9.78. The van der Waals surface area contributed by atoms with E-state index in [4.69, 9.17) is 4.74 Å². The zero-order valence-corrected chi connectivity index (χ0v) is 12.6. The lowest BCUT2D eigenvalue weighted by Crippen LogP contribution is -2.48. The van der Waals surface area contributed by atoms with Gasteiger partial charge in [0.1, 0.15) is 6.10 Å². The Hall–Kier alpha value is -0.410. The number of hydrogen-bond acceptors (Lipinski definition) is 3. The van der Waals surface area contributed by atoms with E-state index in [-0.39, 0.29) is 12.0 Å². The van der Waals surface area contributed by atoms with E-state index in [2.05, 4.69) is 18.7 Å². The molecule has 0 bridgehead atoms. The number of ketones is 1. The van der Waals surface area contributed by atoms with Crippen LogP contribution in [0.1, 0.15) is 52.4 Å². The summed E-state index contributed by atoms with van der Waals surface area (Å²) < 4.78 is 5.73. The maximum absolute atomic E-state index is 12.5. The lowest BCUT2D eigenvalue weighted by Gasteiger charge is -2.35. The summed E-state index contributed by atoms with van der Waals surface area (Å²) in [6.07, 6.45) is 6.92. The van der Waals surface area contributed by atoms with Crippen LogP contribution in [0, 0.1) is 11.8 Å². The third-order valence-electron chi connectivity index (χ3n) is 4.83. The molecular weight excluding hydrogens is 238 g/mol. The van der Waals surface area contributed by atoms with E-state index in [1.165, 1.54) is 19.3 Å². The number of nitrogens with zero attached hydrogens (tertiary/aromatic N) is 1. The van der Waals surface area contributed by atoms with Gasteiger partial charge in [0, 0.05) is 19.0 Å². The average Bonchev–Trinajstić information content (AvgIpc) is 2.47. The minimum absolute atomic E-state index is 0.150. The molecule has 3 nitrogen and oxygen atoms in total. The highest BCUT2D eigenvalue weighted by molar-refractivity contribution is 5.85. The van der Waals surface area contributed by atoms with Crippen molar-refractivity contribution in [3.8, 4) is 0 Å². The van der Waals surface area contributed by atoms with Crippen molar-refractivity contribution in [1.29, 1.82) is 0 Å². The van der Waals surface area contributed by atoms with Crippen molar-refractivity contribution in [2.45, 2.75) is 58.5 Å². The first-order valence-electron chi connectivity index (χ1n) is 8.12. The third kappa shape index (κ3) is 4.03. The molecule has 1 heterocycles. The number of carbonyl (C=O) groups is 1. The van der Waals surface area contributed by atoms with E-state index in [0.717, 1.165) is 51.4 Å². The molecule has 2 aliphatic rings. The van der Waals surface area contributed by atoms with Gasteiger partial charge in [0.25, 0.3) is 0 Å². The molecule has 2 rings (SSSR count). The van der Waals surface area contributed by atoms with Gasteiger partial charge in [-0.3, -0.25) is 9.69 Å². The van der Waals surface area contributed by atoms with Crippen LogP contribution in [0.5, 0.6) is 0 Å². The number of hydrogen-bond donors (Lipinski definition) is 0. The first-order valence-corrected chi connectivity index (χ1v) is 8.12. The van der Waals surface area contributed by atoms with Crippen molar-refractivity contribution in [2.24, 2.45) is 11.8 Å². The fourth-order valence-electron chi connectivity index (χ4n) is 3.51. The number of ether oxygens (including phenoxy) is 1. The quantitative estimate of drug-likeness (QED) is 0.767. The smallest absolute Gasteiger partial charge is 0.165 e. The summed E-state index contributed by atoms with van der Waals surface area (Å²) in [5.41, 5.74) is 0. The molecule has 0 amide bonds. The molecule has 1 unspecified atom stereocenters. The van der Waals surface area contributed by atoms with E-state index in [1.54, 1.807) is 0 Å². The summed E-state index contributed by atoms with van der Waals surface area (Å²) in [7, 11) is 0. The minimum Gasteiger partial charge on any atom is -0.368 e. The van der Waals surface area contributed by atoms with Crippen molar-refractivity contribution in [3.63, 3.8) is 0 Å². The summed E-state index contributed by atoms with van der Waals surface area (Å²) in [6, 6.07) is 0. The predicted octanol–water partition coefficient (Wildman–Crippen LogP) is 2.88. The Morgan fingerprint density at radius 3 is 2.58 bits per heavy atom. The van der Waals surface area contributed by atoms with Crippen LogP contribution in [0.3, 0.4) is 0 Å². The van der Waals surface area contributed by atoms with E-state index < -0.39 is 0 Å². The van der Waals surface area contributed by atoms with E-state index >= 15 is 0 Å². The fraction of sp³-hybridized carbons (Fsp3) is 0.938. The Bertz CT molecular complexity index is 282. The molecule has 0 radical (unpaired) electrons. The van der Waals surface area contributed by atoms with E-state index in [9.17, 15) is 4.79 Å². The zero-order chi connectivity index (χ0) is 13.7. The molecule has 1 saturated carbocycles. The summed E-state index contributed by atoms with van der Waals surface area (Å²) in [6.45, 7) is 8.08. The van der Waals surface area contributed by atoms with Crippen LogP contribution < -0.4 is 0 Å². The molecule has 110 valence electrons. The van der Waals surface area contributed by atoms with Crippen molar-refractivity contribution >= 4 is 5.78 Å². The van der Waals surface area contributed by atoms with Gasteiger partial charge < -0.3 is 4.74 Å². The Morgan fingerprint density at radius 2 is 1.95 bits per heavy atom. The first-order chi connectivity index (χ1) is 9.24. The first kappa shape index (κ1) is 15.0. The van der Waals surface area contributed by atoms with E-state index in [0.29, 0.717) is 5.78 Å². The molecule has 0 spiro atoms. The average molecular weight is 267 g/mol. The van der Waals surface area contributed by atoms with Crippen LogP contribution in [0.4, 0.5) is 0 Å². The monoisotopic (exact) mass is 267 g/mol. The maximum Gasteiger partial charge on any atom is 0.165 e. The zero-order valence-electron chi connectivity index (χ0n) is 12.6. The molecule has 19 heavy (non-hydrogen) atoms. The van der Waals surface area contributed by atoms with Crippen LogP contribution in [0.25, 0.3) is 0 Å². The summed E-state index contributed by atoms with van der Waals surface area (Å²) in [4.78, 5) is 14.9. The number of carbonyl (C=O) groups excluding carboxylic acids is 1. The van der Waals surface area contributed by atoms with Crippen LogP contribution >= 0.6 is 0 Å². The second kappa shape index (κ2) is 7.39. The van der Waals surface area contributed by atoms with Crippen LogP contribution in [-0.4, -0.2) is 43.0 Å². The molecule has 3 heteroatoms. The van der Waals surface area contributed by atoms with Gasteiger partial charge in [-0.25, -0.2) is 0 Å². The van der Waals surface area contributed by atoms with Crippen molar-refractivity contribution in [3.05, 3.63) is 0 Å². The second-order valence-corrected chi connectivity index (χ2v) is 6.19. The number of morpholine rings is 1. The van der Waals surface area contributed by atoms with Gasteiger partial charge in [-0.05, 0) is 44.6 Å². The fourth-order valence-corrected chi connectivity index (χ4v) is 3.51. The van der Waals surface area contributed by atoms with Crippen molar-refractivity contribution in [2.75, 3.05) is 26.2 Å². The Labute approximate surface area is 117 Å². The molecule has 1 aliphatic carbocycles. The van der Waals surface area contributed by atoms with Gasteiger partial charge in [-0.15, -0.1) is 0 Å². The molecule has 1 atom stereocenters.